The van der Waals surface area contributed by atoms with Gasteiger partial charge in [0.15, 0.2) is 0 Å². The van der Waals surface area contributed by atoms with Crippen molar-refractivity contribution < 1.29 is 5.11 Å². The molecule has 0 saturated heterocycles. The van der Waals surface area contributed by atoms with Crippen molar-refractivity contribution in [2.24, 2.45) is 0 Å². The molecule has 0 aliphatic rings. The number of aliphatic hydroxyl groups excluding tert-OH is 1. The number of nitrogens with zero attached hydrogens (tertiary/aromatic N) is 2. The van der Waals surface area contributed by atoms with Gasteiger partial charge in [-0.05, 0) is 23.8 Å². The predicted octanol–water partition coefficient (Wildman–Crippen LogP) is 2.19. The molecule has 0 saturated carbocycles. The highest BCUT2D eigenvalue weighted by molar-refractivity contribution is 6.34. The second kappa shape index (κ2) is 4.18. The number of H-pyrrole nitrogens is 1. The number of hydrogen-bond donors (Lipinski definition) is 2. The molecule has 1 aromatic heterocycles. The fourth-order valence-electron chi connectivity index (χ4n) is 1.25. The summed E-state index contributed by atoms with van der Waals surface area (Å²) in [5.41, 5.74) is 1.01. The molecule has 4 nitrogen and oxygen atoms in total. The number of hydrogen-bond acceptors (Lipinski definition) is 3. The lowest BCUT2D eigenvalue weighted by Crippen LogP contribution is -2.00. The Labute approximate surface area is 95.8 Å². The topological polar surface area (TPSA) is 61.8 Å². The van der Waals surface area contributed by atoms with Crippen molar-refractivity contribution in [3.05, 3.63) is 45.7 Å². The zero-order valence-electron chi connectivity index (χ0n) is 7.48. The van der Waals surface area contributed by atoms with Crippen LogP contribution < -0.4 is 0 Å². The first-order chi connectivity index (χ1) is 7.16. The fraction of sp³-hybridized carbons (Fsp3) is 0.111. The lowest BCUT2D eigenvalue weighted by Gasteiger charge is -2.08. The zero-order valence-corrected chi connectivity index (χ0v) is 9.00. The van der Waals surface area contributed by atoms with E-state index < -0.39 is 6.10 Å². The van der Waals surface area contributed by atoms with E-state index in [-0.39, 0.29) is 0 Å². The number of halogens is 2. The van der Waals surface area contributed by atoms with Crippen molar-refractivity contribution in [2.75, 3.05) is 0 Å². The van der Waals surface area contributed by atoms with Crippen molar-refractivity contribution in [3.8, 4) is 0 Å². The van der Waals surface area contributed by atoms with Crippen LogP contribution in [0, 0.1) is 0 Å². The quantitative estimate of drug-likeness (QED) is 0.851. The number of aromatic amines is 1. The fourth-order valence-corrected chi connectivity index (χ4v) is 1.79. The van der Waals surface area contributed by atoms with E-state index >= 15 is 0 Å². The van der Waals surface area contributed by atoms with Gasteiger partial charge in [0.2, 0.25) is 0 Å². The van der Waals surface area contributed by atoms with Crippen LogP contribution in [0.4, 0.5) is 0 Å². The van der Waals surface area contributed by atoms with Crippen molar-refractivity contribution in [2.45, 2.75) is 6.10 Å². The summed E-state index contributed by atoms with van der Waals surface area (Å²) in [6, 6.07) is 4.86. The molecular formula is C9H7Cl2N3O. The van der Waals surface area contributed by atoms with Crippen LogP contribution in [0.25, 0.3) is 0 Å². The van der Waals surface area contributed by atoms with Crippen molar-refractivity contribution in [3.63, 3.8) is 0 Å². The van der Waals surface area contributed by atoms with Gasteiger partial charge < -0.3 is 5.11 Å². The third-order valence-electron chi connectivity index (χ3n) is 1.91. The summed E-state index contributed by atoms with van der Waals surface area (Å²) in [6.07, 6.45) is 0.569. The van der Waals surface area contributed by atoms with Gasteiger partial charge in [0, 0.05) is 10.0 Å². The third kappa shape index (κ3) is 2.28. The molecule has 0 aliphatic carbocycles. The van der Waals surface area contributed by atoms with E-state index in [4.69, 9.17) is 23.2 Å². The number of rotatable bonds is 2. The summed E-state index contributed by atoms with van der Waals surface area (Å²) in [5.74, 6) is 0. The zero-order chi connectivity index (χ0) is 10.8. The molecular weight excluding hydrogens is 237 g/mol. The van der Waals surface area contributed by atoms with Crippen LogP contribution in [-0.4, -0.2) is 20.5 Å². The van der Waals surface area contributed by atoms with Crippen LogP contribution in [0.2, 0.25) is 10.0 Å². The molecule has 1 aromatic carbocycles. The molecule has 2 aromatic rings. The van der Waals surface area contributed by atoms with E-state index in [9.17, 15) is 5.11 Å². The molecule has 6 heteroatoms. The highest BCUT2D eigenvalue weighted by atomic mass is 35.5. The Bertz CT molecular complexity index is 438. The second-order valence-electron chi connectivity index (χ2n) is 3.00. The Balaban J connectivity index is 2.37. The van der Waals surface area contributed by atoms with Crippen molar-refractivity contribution in [1.82, 2.24) is 15.4 Å². The molecule has 0 amide bonds. The SMILES string of the molecule is OC(c1cc(Cl)cc(Cl)c1)c1cn[nH]n1. The largest absolute Gasteiger partial charge is 0.382 e. The maximum absolute atomic E-state index is 9.89. The normalized spacial score (nSPS) is 12.7. The van der Waals surface area contributed by atoms with Gasteiger partial charge in [-0.1, -0.05) is 23.2 Å². The Morgan fingerprint density at radius 3 is 2.40 bits per heavy atom. The van der Waals surface area contributed by atoms with Crippen LogP contribution in [0.15, 0.2) is 24.4 Å². The highest BCUT2D eigenvalue weighted by Crippen LogP contribution is 2.26. The molecule has 0 radical (unpaired) electrons. The first-order valence-electron chi connectivity index (χ1n) is 4.16. The number of aliphatic hydroxyl groups is 1. The van der Waals surface area contributed by atoms with Gasteiger partial charge in [0.25, 0.3) is 0 Å². The summed E-state index contributed by atoms with van der Waals surface area (Å²) < 4.78 is 0. The Hall–Kier alpha value is -1.10. The molecule has 1 heterocycles. The molecule has 2 rings (SSSR count). The second-order valence-corrected chi connectivity index (χ2v) is 3.87. The molecule has 0 fully saturated rings. The summed E-state index contributed by atoms with van der Waals surface area (Å²) in [6.45, 7) is 0. The number of nitrogens with one attached hydrogen (secondary N) is 1. The van der Waals surface area contributed by atoms with Gasteiger partial charge in [-0.25, -0.2) is 0 Å². The summed E-state index contributed by atoms with van der Waals surface area (Å²) in [7, 11) is 0. The molecule has 1 unspecified atom stereocenters. The van der Waals surface area contributed by atoms with Crippen LogP contribution in [-0.2, 0) is 0 Å². The average molecular weight is 244 g/mol. The first kappa shape index (κ1) is 10.4. The minimum Gasteiger partial charge on any atom is -0.382 e. The Kier molecular flexibility index (Phi) is 2.90. The highest BCUT2D eigenvalue weighted by Gasteiger charge is 2.14. The Morgan fingerprint density at radius 2 is 1.87 bits per heavy atom. The number of aromatic nitrogens is 3. The molecule has 1 atom stereocenters. The minimum atomic E-state index is -0.875. The van der Waals surface area contributed by atoms with Crippen LogP contribution in [0.3, 0.4) is 0 Å². The van der Waals surface area contributed by atoms with Crippen molar-refractivity contribution >= 4 is 23.2 Å². The molecule has 0 aliphatic heterocycles. The maximum atomic E-state index is 9.89. The lowest BCUT2D eigenvalue weighted by molar-refractivity contribution is 0.215. The van der Waals surface area contributed by atoms with Crippen LogP contribution in [0.1, 0.15) is 17.4 Å². The molecule has 0 bridgehead atoms. The van der Waals surface area contributed by atoms with E-state index in [2.05, 4.69) is 15.4 Å². The van der Waals surface area contributed by atoms with E-state index in [0.29, 0.717) is 21.3 Å². The Morgan fingerprint density at radius 1 is 1.20 bits per heavy atom. The average Bonchev–Trinajstić information content (AvgIpc) is 2.67. The van der Waals surface area contributed by atoms with Gasteiger partial charge in [0.05, 0.1) is 6.20 Å². The molecule has 15 heavy (non-hydrogen) atoms. The van der Waals surface area contributed by atoms with Gasteiger partial charge in [-0.3, -0.25) is 0 Å². The molecule has 2 N–H and O–H groups in total. The maximum Gasteiger partial charge on any atom is 0.125 e. The number of benzene rings is 1. The standard InChI is InChI=1S/C9H7Cl2N3O/c10-6-1-5(2-7(11)3-6)9(15)8-4-12-14-13-8/h1-4,9,15H,(H,12,13,14). The smallest absolute Gasteiger partial charge is 0.125 e. The first-order valence-corrected chi connectivity index (χ1v) is 4.92. The third-order valence-corrected chi connectivity index (χ3v) is 2.35. The van der Waals surface area contributed by atoms with Gasteiger partial charge in [-0.2, -0.15) is 15.4 Å². The van der Waals surface area contributed by atoms with E-state index in [0.717, 1.165) is 0 Å². The summed E-state index contributed by atoms with van der Waals surface area (Å²) in [4.78, 5) is 0. The van der Waals surface area contributed by atoms with E-state index in [1.807, 2.05) is 0 Å². The van der Waals surface area contributed by atoms with Gasteiger partial charge in [-0.15, -0.1) is 0 Å². The molecule has 0 spiro atoms. The lowest BCUT2D eigenvalue weighted by atomic mass is 10.1. The monoisotopic (exact) mass is 243 g/mol. The van der Waals surface area contributed by atoms with E-state index in [1.54, 1.807) is 18.2 Å². The van der Waals surface area contributed by atoms with Crippen LogP contribution >= 0.6 is 23.2 Å². The summed E-state index contributed by atoms with van der Waals surface area (Å²) in [5, 5.41) is 20.6. The minimum absolute atomic E-state index is 0.424. The van der Waals surface area contributed by atoms with Gasteiger partial charge >= 0.3 is 0 Å². The van der Waals surface area contributed by atoms with Crippen molar-refractivity contribution in [1.29, 1.82) is 0 Å². The van der Waals surface area contributed by atoms with Gasteiger partial charge in [0.1, 0.15) is 11.8 Å². The molecule has 78 valence electrons. The van der Waals surface area contributed by atoms with E-state index in [1.165, 1.54) is 6.20 Å². The predicted molar refractivity (Wildman–Crippen MR) is 56.9 cm³/mol. The summed E-state index contributed by atoms with van der Waals surface area (Å²) >= 11 is 11.6. The van der Waals surface area contributed by atoms with Crippen LogP contribution in [0.5, 0.6) is 0 Å².